The van der Waals surface area contributed by atoms with Gasteiger partial charge < -0.3 is 21.3 Å². The highest BCUT2D eigenvalue weighted by Gasteiger charge is 2.41. The van der Waals surface area contributed by atoms with E-state index in [2.05, 4.69) is 60.7 Å². The Bertz CT molecular complexity index is 1160. The van der Waals surface area contributed by atoms with Gasteiger partial charge >= 0.3 is 0 Å². The predicted octanol–water partition coefficient (Wildman–Crippen LogP) is 5.67. The standard InChI is InChI=1S/C31H45N5O2S/c1-20(22-13-15-24(16-14-22)27-21(2)34-19-39-27)35-29(37)26-12-9-17-36(26)30(38)28(31(3,4)5)33-18-25(32)23-10-7-6-8-11-23/h13-16,18-20,23,26,28,33H,6-12,17,32H2,1-5H3,(H,35,37)/b25-18-. The number of hydrogen-bond donors (Lipinski definition) is 3. The van der Waals surface area contributed by atoms with Crippen molar-refractivity contribution >= 4 is 23.2 Å². The first-order valence-electron chi connectivity index (χ1n) is 14.4. The number of thiazole rings is 1. The summed E-state index contributed by atoms with van der Waals surface area (Å²) in [6, 6.07) is 7.17. The van der Waals surface area contributed by atoms with Gasteiger partial charge in [0.1, 0.15) is 12.1 Å². The number of carbonyl (C=O) groups excluding carboxylic acids is 2. The molecule has 1 aromatic carbocycles. The number of nitrogens with zero attached hydrogens (tertiary/aromatic N) is 2. The van der Waals surface area contributed by atoms with E-state index >= 15 is 0 Å². The highest BCUT2D eigenvalue weighted by atomic mass is 32.1. The van der Waals surface area contributed by atoms with Crippen LogP contribution in [0.4, 0.5) is 0 Å². The molecule has 0 bridgehead atoms. The maximum absolute atomic E-state index is 13.8. The number of amides is 2. The van der Waals surface area contributed by atoms with Crippen LogP contribution >= 0.6 is 11.3 Å². The van der Waals surface area contributed by atoms with Crippen molar-refractivity contribution in [1.82, 2.24) is 20.5 Å². The van der Waals surface area contributed by atoms with Crippen LogP contribution in [0.5, 0.6) is 0 Å². The first-order valence-corrected chi connectivity index (χ1v) is 15.3. The fraction of sp³-hybridized carbons (Fsp3) is 0.581. The molecular formula is C31H45N5O2S. The van der Waals surface area contributed by atoms with Crippen LogP contribution in [0, 0.1) is 18.3 Å². The molecule has 1 saturated heterocycles. The van der Waals surface area contributed by atoms with Crippen LogP contribution in [0.2, 0.25) is 0 Å². The number of nitrogens with two attached hydrogens (primary N) is 1. The SMILES string of the molecule is Cc1ncsc1-c1ccc(C(C)NC(=O)C2CCCN2C(=O)C(N/C=C(\N)C2CCCCC2)C(C)(C)C)cc1. The van der Waals surface area contributed by atoms with E-state index in [1.165, 1.54) is 19.3 Å². The zero-order chi connectivity index (χ0) is 28.2. The molecule has 2 amide bonds. The summed E-state index contributed by atoms with van der Waals surface area (Å²) in [5.74, 6) is 0.249. The lowest BCUT2D eigenvalue weighted by Gasteiger charge is -2.35. The maximum Gasteiger partial charge on any atom is 0.246 e. The summed E-state index contributed by atoms with van der Waals surface area (Å²) < 4.78 is 0. The molecule has 1 aliphatic heterocycles. The third-order valence-corrected chi connectivity index (χ3v) is 9.20. The van der Waals surface area contributed by atoms with Gasteiger partial charge in [-0.2, -0.15) is 0 Å². The molecule has 4 N–H and O–H groups in total. The third-order valence-electron chi connectivity index (χ3n) is 8.22. The Hall–Kier alpha value is -2.87. The van der Waals surface area contributed by atoms with Gasteiger partial charge in [0.25, 0.3) is 0 Å². The molecule has 0 radical (unpaired) electrons. The average molecular weight is 552 g/mol. The topological polar surface area (TPSA) is 100 Å². The van der Waals surface area contributed by atoms with Gasteiger partial charge in [-0.05, 0) is 62.0 Å². The molecule has 7 nitrogen and oxygen atoms in total. The Labute approximate surface area is 237 Å². The van der Waals surface area contributed by atoms with Gasteiger partial charge in [-0.15, -0.1) is 11.3 Å². The molecule has 3 atom stereocenters. The highest BCUT2D eigenvalue weighted by Crippen LogP contribution is 2.30. The minimum absolute atomic E-state index is 0.0372. The number of hydrogen-bond acceptors (Lipinski definition) is 6. The van der Waals surface area contributed by atoms with Gasteiger partial charge in [-0.1, -0.05) is 64.3 Å². The van der Waals surface area contributed by atoms with Crippen LogP contribution in [-0.4, -0.2) is 40.3 Å². The average Bonchev–Trinajstić information content (AvgIpc) is 3.58. The Morgan fingerprint density at radius 1 is 1.10 bits per heavy atom. The lowest BCUT2D eigenvalue weighted by atomic mass is 9.85. The van der Waals surface area contributed by atoms with Crippen molar-refractivity contribution in [2.75, 3.05) is 6.54 Å². The van der Waals surface area contributed by atoms with Crippen LogP contribution in [0.1, 0.15) is 89.9 Å². The minimum Gasteiger partial charge on any atom is -0.401 e. The molecule has 2 aromatic rings. The Kier molecular flexibility index (Phi) is 9.36. The summed E-state index contributed by atoms with van der Waals surface area (Å²) in [4.78, 5) is 34.5. The van der Waals surface area contributed by atoms with Gasteiger partial charge in [0.15, 0.2) is 0 Å². The second-order valence-corrected chi connectivity index (χ2v) is 13.1. The van der Waals surface area contributed by atoms with Crippen molar-refractivity contribution in [1.29, 1.82) is 0 Å². The third kappa shape index (κ3) is 7.02. The van der Waals surface area contributed by atoms with Crippen LogP contribution in [0.25, 0.3) is 10.4 Å². The molecule has 1 aromatic heterocycles. The number of allylic oxidation sites excluding steroid dienone is 1. The molecule has 2 fully saturated rings. The molecule has 212 valence electrons. The van der Waals surface area contributed by atoms with Crippen molar-refractivity contribution in [3.8, 4) is 10.4 Å². The first kappa shape index (κ1) is 29.1. The van der Waals surface area contributed by atoms with Gasteiger partial charge in [0.2, 0.25) is 11.8 Å². The molecule has 8 heteroatoms. The number of nitrogens with one attached hydrogen (secondary N) is 2. The lowest BCUT2D eigenvalue weighted by molar-refractivity contribution is -0.142. The molecular weight excluding hydrogens is 506 g/mol. The van der Waals surface area contributed by atoms with Crippen LogP contribution in [0.3, 0.4) is 0 Å². The molecule has 0 spiro atoms. The summed E-state index contributed by atoms with van der Waals surface area (Å²) in [5, 5.41) is 6.53. The van der Waals surface area contributed by atoms with E-state index in [9.17, 15) is 9.59 Å². The van der Waals surface area contributed by atoms with E-state index in [-0.39, 0.29) is 23.3 Å². The number of carbonyl (C=O) groups is 2. The van der Waals surface area contributed by atoms with E-state index < -0.39 is 12.1 Å². The van der Waals surface area contributed by atoms with E-state index in [1.807, 2.05) is 25.6 Å². The molecule has 1 aliphatic carbocycles. The Balaban J connectivity index is 1.41. The van der Waals surface area contributed by atoms with Crippen molar-refractivity contribution in [3.63, 3.8) is 0 Å². The molecule has 1 saturated carbocycles. The number of benzene rings is 1. The predicted molar refractivity (Wildman–Crippen MR) is 159 cm³/mol. The number of rotatable bonds is 8. The zero-order valence-electron chi connectivity index (χ0n) is 24.1. The highest BCUT2D eigenvalue weighted by molar-refractivity contribution is 7.13. The van der Waals surface area contributed by atoms with Crippen molar-refractivity contribution in [3.05, 3.63) is 52.9 Å². The van der Waals surface area contributed by atoms with E-state index in [1.54, 1.807) is 16.2 Å². The number of aromatic nitrogens is 1. The minimum atomic E-state index is -0.467. The first-order chi connectivity index (χ1) is 18.6. The fourth-order valence-corrected chi connectivity index (χ4v) is 6.60. The second kappa shape index (κ2) is 12.5. The largest absolute Gasteiger partial charge is 0.401 e. The van der Waals surface area contributed by atoms with E-state index in [0.29, 0.717) is 18.9 Å². The second-order valence-electron chi connectivity index (χ2n) is 12.3. The van der Waals surface area contributed by atoms with Gasteiger partial charge in [0.05, 0.1) is 22.1 Å². The van der Waals surface area contributed by atoms with E-state index in [0.717, 1.165) is 46.7 Å². The van der Waals surface area contributed by atoms with Crippen molar-refractivity contribution in [2.24, 2.45) is 17.1 Å². The monoisotopic (exact) mass is 551 g/mol. The maximum atomic E-state index is 13.8. The summed E-state index contributed by atoms with van der Waals surface area (Å²) in [6.45, 7) is 10.8. The summed E-state index contributed by atoms with van der Waals surface area (Å²) in [5.41, 5.74) is 12.0. The quantitative estimate of drug-likeness (QED) is 0.392. The molecule has 2 aliphatic rings. The summed E-state index contributed by atoms with van der Waals surface area (Å²) in [7, 11) is 0. The van der Waals surface area contributed by atoms with Crippen LogP contribution in [0.15, 0.2) is 41.7 Å². The summed E-state index contributed by atoms with van der Waals surface area (Å²) >= 11 is 1.63. The summed E-state index contributed by atoms with van der Waals surface area (Å²) in [6.07, 6.45) is 9.25. The van der Waals surface area contributed by atoms with Crippen LogP contribution < -0.4 is 16.4 Å². The normalized spacial score (nSPS) is 20.5. The molecule has 39 heavy (non-hydrogen) atoms. The number of likely N-dealkylation sites (tertiary alicyclic amines) is 1. The van der Waals surface area contributed by atoms with E-state index in [4.69, 9.17) is 5.73 Å². The smallest absolute Gasteiger partial charge is 0.246 e. The Morgan fingerprint density at radius 2 is 1.79 bits per heavy atom. The van der Waals surface area contributed by atoms with Crippen molar-refractivity contribution < 1.29 is 9.59 Å². The molecule has 2 heterocycles. The van der Waals surface area contributed by atoms with Gasteiger partial charge in [0, 0.05) is 18.4 Å². The number of aryl methyl sites for hydroxylation is 1. The molecule has 3 unspecified atom stereocenters. The Morgan fingerprint density at radius 3 is 2.41 bits per heavy atom. The molecule has 4 rings (SSSR count). The fourth-order valence-electron chi connectivity index (χ4n) is 5.79. The van der Waals surface area contributed by atoms with Crippen LogP contribution in [-0.2, 0) is 9.59 Å². The van der Waals surface area contributed by atoms with Gasteiger partial charge in [-0.3, -0.25) is 9.59 Å². The zero-order valence-corrected chi connectivity index (χ0v) is 24.9. The lowest BCUT2D eigenvalue weighted by Crippen LogP contribution is -2.55. The van der Waals surface area contributed by atoms with Crippen molar-refractivity contribution in [2.45, 2.75) is 97.7 Å². The van der Waals surface area contributed by atoms with Gasteiger partial charge in [-0.25, -0.2) is 4.98 Å².